The van der Waals surface area contributed by atoms with E-state index in [9.17, 15) is 9.59 Å². The highest BCUT2D eigenvalue weighted by Gasteiger charge is 2.41. The molecule has 0 saturated carbocycles. The van der Waals surface area contributed by atoms with Crippen molar-refractivity contribution in [3.63, 3.8) is 0 Å². The van der Waals surface area contributed by atoms with Crippen LogP contribution in [0.15, 0.2) is 30.9 Å². The number of hydrogen-bond acceptors (Lipinski definition) is 4. The zero-order chi connectivity index (χ0) is 17.7. The molecule has 2 atom stereocenters. The van der Waals surface area contributed by atoms with Gasteiger partial charge in [-0.25, -0.2) is 0 Å². The largest absolute Gasteiger partial charge is 0.496 e. The number of benzene rings is 1. The van der Waals surface area contributed by atoms with Gasteiger partial charge in [-0.05, 0) is 24.5 Å². The van der Waals surface area contributed by atoms with Gasteiger partial charge in [0.15, 0.2) is 0 Å². The number of amides is 1. The Morgan fingerprint density at radius 2 is 2.12 bits per heavy atom. The molecule has 1 aliphatic carbocycles. The average Bonchev–Trinajstić information content (AvgIpc) is 2.63. The number of carbonyl (C=O) groups excluding carboxylic acids is 2. The summed E-state index contributed by atoms with van der Waals surface area (Å²) in [6, 6.07) is 5.51. The van der Waals surface area contributed by atoms with Gasteiger partial charge in [-0.1, -0.05) is 25.1 Å². The molecule has 0 fully saturated rings. The zero-order valence-corrected chi connectivity index (χ0v) is 14.6. The summed E-state index contributed by atoms with van der Waals surface area (Å²) in [6.07, 6.45) is 3.57. The minimum atomic E-state index is -0.551. The standard InChI is InChI=1S/C19H25NO4/c1-5-12-20(16(21)6-2)14-11-10-13-8-7-9-15(23-3)17(13)18(14)19(22)24-4/h5,7-9,14,18H,1,6,10-12H2,2-4H3. The van der Waals surface area contributed by atoms with Crippen LogP contribution in [0.1, 0.15) is 36.8 Å². The van der Waals surface area contributed by atoms with Gasteiger partial charge in [0.25, 0.3) is 0 Å². The van der Waals surface area contributed by atoms with Crippen LogP contribution in [0, 0.1) is 0 Å². The maximum absolute atomic E-state index is 12.6. The van der Waals surface area contributed by atoms with Gasteiger partial charge in [0.1, 0.15) is 11.7 Å². The molecule has 0 radical (unpaired) electrons. The fourth-order valence-corrected chi connectivity index (χ4v) is 3.50. The Labute approximate surface area is 143 Å². The molecule has 1 amide bonds. The van der Waals surface area contributed by atoms with Crippen molar-refractivity contribution < 1.29 is 19.1 Å². The molecule has 0 spiro atoms. The first-order valence-electron chi connectivity index (χ1n) is 8.22. The lowest BCUT2D eigenvalue weighted by molar-refractivity contribution is -0.146. The van der Waals surface area contributed by atoms with Crippen LogP contribution in [0.4, 0.5) is 0 Å². The van der Waals surface area contributed by atoms with Gasteiger partial charge >= 0.3 is 5.97 Å². The van der Waals surface area contributed by atoms with Crippen LogP contribution in [0.25, 0.3) is 0 Å². The van der Waals surface area contributed by atoms with E-state index >= 15 is 0 Å². The van der Waals surface area contributed by atoms with E-state index in [1.807, 2.05) is 25.1 Å². The number of rotatable bonds is 6. The van der Waals surface area contributed by atoms with Crippen LogP contribution in [0.2, 0.25) is 0 Å². The molecule has 0 heterocycles. The third-order valence-corrected chi connectivity index (χ3v) is 4.59. The maximum Gasteiger partial charge on any atom is 0.315 e. The Kier molecular flexibility index (Phi) is 6.01. The molecule has 0 bridgehead atoms. The third kappa shape index (κ3) is 3.30. The minimum Gasteiger partial charge on any atom is -0.496 e. The van der Waals surface area contributed by atoms with Crippen molar-refractivity contribution in [3.05, 3.63) is 42.0 Å². The number of methoxy groups -OCH3 is 2. The minimum absolute atomic E-state index is 0.00662. The van der Waals surface area contributed by atoms with Gasteiger partial charge in [-0.2, -0.15) is 0 Å². The second-order valence-electron chi connectivity index (χ2n) is 5.83. The molecule has 1 aliphatic rings. The van der Waals surface area contributed by atoms with E-state index < -0.39 is 5.92 Å². The second-order valence-corrected chi connectivity index (χ2v) is 5.83. The van der Waals surface area contributed by atoms with Crippen molar-refractivity contribution in [1.29, 1.82) is 0 Å². The Bertz CT molecular complexity index is 612. The summed E-state index contributed by atoms with van der Waals surface area (Å²) in [5.41, 5.74) is 1.91. The van der Waals surface area contributed by atoms with Gasteiger partial charge < -0.3 is 14.4 Å². The Morgan fingerprint density at radius 1 is 1.38 bits per heavy atom. The number of esters is 1. The molecule has 130 valence electrons. The maximum atomic E-state index is 12.6. The zero-order valence-electron chi connectivity index (χ0n) is 14.6. The number of carbonyl (C=O) groups is 2. The summed E-state index contributed by atoms with van der Waals surface area (Å²) in [6.45, 7) is 5.98. The monoisotopic (exact) mass is 331 g/mol. The topological polar surface area (TPSA) is 55.8 Å². The van der Waals surface area contributed by atoms with Gasteiger partial charge in [-0.15, -0.1) is 6.58 Å². The summed E-state index contributed by atoms with van der Waals surface area (Å²) >= 11 is 0. The molecule has 24 heavy (non-hydrogen) atoms. The van der Waals surface area contributed by atoms with E-state index in [1.54, 1.807) is 18.1 Å². The van der Waals surface area contributed by atoms with Crippen LogP contribution in [0.3, 0.4) is 0 Å². The molecule has 1 aromatic rings. The lowest BCUT2D eigenvalue weighted by Crippen LogP contribution is -2.48. The molecule has 5 nitrogen and oxygen atoms in total. The Balaban J connectivity index is 2.54. The van der Waals surface area contributed by atoms with Crippen molar-refractivity contribution in [2.24, 2.45) is 0 Å². The molecular weight excluding hydrogens is 306 g/mol. The number of hydrogen-bond donors (Lipinski definition) is 0. The summed E-state index contributed by atoms with van der Waals surface area (Å²) < 4.78 is 10.5. The molecule has 5 heteroatoms. The lowest BCUT2D eigenvalue weighted by Gasteiger charge is -2.39. The number of ether oxygens (including phenoxy) is 2. The first kappa shape index (κ1) is 18.0. The van der Waals surface area contributed by atoms with E-state index in [4.69, 9.17) is 9.47 Å². The highest BCUT2D eigenvalue weighted by atomic mass is 16.5. The van der Waals surface area contributed by atoms with E-state index in [0.29, 0.717) is 25.1 Å². The van der Waals surface area contributed by atoms with E-state index in [1.165, 1.54) is 7.11 Å². The average molecular weight is 331 g/mol. The quantitative estimate of drug-likeness (QED) is 0.594. The first-order valence-corrected chi connectivity index (χ1v) is 8.22. The molecule has 0 aliphatic heterocycles. The number of fused-ring (bicyclic) bond motifs is 1. The summed E-state index contributed by atoms with van der Waals surface area (Å²) in [4.78, 5) is 26.7. The fraction of sp³-hybridized carbons (Fsp3) is 0.474. The predicted molar refractivity (Wildman–Crippen MR) is 92.1 cm³/mol. The van der Waals surface area contributed by atoms with Crippen LogP contribution >= 0.6 is 0 Å². The van der Waals surface area contributed by atoms with Crippen molar-refractivity contribution >= 4 is 11.9 Å². The highest BCUT2D eigenvalue weighted by molar-refractivity contribution is 5.83. The van der Waals surface area contributed by atoms with Crippen LogP contribution < -0.4 is 4.74 Å². The van der Waals surface area contributed by atoms with E-state index in [0.717, 1.165) is 17.5 Å². The predicted octanol–water partition coefficient (Wildman–Crippen LogP) is 2.69. The molecule has 0 aromatic heterocycles. The van der Waals surface area contributed by atoms with Crippen LogP contribution in [-0.2, 0) is 20.7 Å². The summed E-state index contributed by atoms with van der Waals surface area (Å²) in [7, 11) is 2.97. The summed E-state index contributed by atoms with van der Waals surface area (Å²) in [5.74, 6) is -0.226. The lowest BCUT2D eigenvalue weighted by atomic mass is 9.77. The van der Waals surface area contributed by atoms with Crippen LogP contribution in [0.5, 0.6) is 5.75 Å². The normalized spacial score (nSPS) is 19.1. The molecular formula is C19H25NO4. The van der Waals surface area contributed by atoms with Gasteiger partial charge in [0.05, 0.1) is 14.2 Å². The van der Waals surface area contributed by atoms with Crippen molar-refractivity contribution in [2.45, 2.75) is 38.1 Å². The SMILES string of the molecule is C=CCN(C(=O)CC)C1CCc2cccc(OC)c2C1C(=O)OC. The Hall–Kier alpha value is -2.30. The van der Waals surface area contributed by atoms with Crippen LogP contribution in [-0.4, -0.2) is 43.6 Å². The first-order chi connectivity index (χ1) is 11.6. The van der Waals surface area contributed by atoms with E-state index in [-0.39, 0.29) is 17.9 Å². The van der Waals surface area contributed by atoms with E-state index in [2.05, 4.69) is 6.58 Å². The molecule has 0 saturated heterocycles. The molecule has 2 unspecified atom stereocenters. The number of aryl methyl sites for hydroxylation is 1. The van der Waals surface area contributed by atoms with Crippen molar-refractivity contribution in [2.75, 3.05) is 20.8 Å². The smallest absolute Gasteiger partial charge is 0.315 e. The molecule has 2 rings (SSSR count). The second kappa shape index (κ2) is 7.99. The fourth-order valence-electron chi connectivity index (χ4n) is 3.50. The van der Waals surface area contributed by atoms with Gasteiger partial charge in [-0.3, -0.25) is 9.59 Å². The van der Waals surface area contributed by atoms with Gasteiger partial charge in [0, 0.05) is 24.6 Å². The highest BCUT2D eigenvalue weighted by Crippen LogP contribution is 2.41. The molecule has 0 N–H and O–H groups in total. The van der Waals surface area contributed by atoms with Crippen molar-refractivity contribution in [3.8, 4) is 5.75 Å². The molecule has 1 aromatic carbocycles. The number of nitrogens with zero attached hydrogens (tertiary/aromatic N) is 1. The van der Waals surface area contributed by atoms with Gasteiger partial charge in [0.2, 0.25) is 5.91 Å². The third-order valence-electron chi connectivity index (χ3n) is 4.59. The Morgan fingerprint density at radius 3 is 2.71 bits per heavy atom. The summed E-state index contributed by atoms with van der Waals surface area (Å²) in [5, 5.41) is 0. The van der Waals surface area contributed by atoms with Crippen molar-refractivity contribution in [1.82, 2.24) is 4.90 Å².